The maximum Gasteiger partial charge on any atom is 0.328 e. The number of hydrogen-bond donors (Lipinski definition) is 2. The standard InChI is InChI=1S/C35H67NO5/c1-4-7-10-13-15-16-17-18-20-22-25-28-33(37)36-32(29-30-34(38)39)35(40)41-31(26-23-12-9-6-3)27-24-21-19-14-11-8-5-2/h31-32H,4-30H2,1-3H3,(H,36,37)(H,38,39)/t31?,32-/m0/s1. The average molecular weight is 582 g/mol. The first-order valence-corrected chi connectivity index (χ1v) is 17.7. The highest BCUT2D eigenvalue weighted by Crippen LogP contribution is 2.18. The maximum atomic E-state index is 13.1. The molecule has 0 aromatic carbocycles. The van der Waals surface area contributed by atoms with Gasteiger partial charge in [0.2, 0.25) is 5.91 Å². The van der Waals surface area contributed by atoms with E-state index in [0.717, 1.165) is 64.2 Å². The number of esters is 1. The number of unbranched alkanes of at least 4 members (excludes halogenated alkanes) is 19. The van der Waals surface area contributed by atoms with Gasteiger partial charge in [0.1, 0.15) is 12.1 Å². The summed E-state index contributed by atoms with van der Waals surface area (Å²) in [5.74, 6) is -1.62. The van der Waals surface area contributed by atoms with E-state index in [0.29, 0.717) is 6.42 Å². The molecule has 0 aliphatic rings. The van der Waals surface area contributed by atoms with Gasteiger partial charge < -0.3 is 15.2 Å². The van der Waals surface area contributed by atoms with Crippen LogP contribution < -0.4 is 5.32 Å². The molecule has 2 atom stereocenters. The molecular weight excluding hydrogens is 514 g/mol. The summed E-state index contributed by atoms with van der Waals surface area (Å²) in [6.45, 7) is 6.65. The number of nitrogens with one attached hydrogen (secondary N) is 1. The molecule has 0 aliphatic carbocycles. The molecule has 0 rings (SSSR count). The van der Waals surface area contributed by atoms with Crippen LogP contribution in [-0.4, -0.2) is 35.1 Å². The van der Waals surface area contributed by atoms with Gasteiger partial charge in [0.05, 0.1) is 0 Å². The summed E-state index contributed by atoms with van der Waals surface area (Å²) >= 11 is 0. The molecule has 242 valence electrons. The van der Waals surface area contributed by atoms with Crippen LogP contribution >= 0.6 is 0 Å². The molecule has 0 spiro atoms. The predicted molar refractivity (Wildman–Crippen MR) is 171 cm³/mol. The van der Waals surface area contributed by atoms with E-state index in [1.165, 1.54) is 89.9 Å². The lowest BCUT2D eigenvalue weighted by Crippen LogP contribution is -2.43. The Bertz CT molecular complexity index is 624. The molecule has 0 saturated heterocycles. The lowest BCUT2D eigenvalue weighted by atomic mass is 10.0. The lowest BCUT2D eigenvalue weighted by molar-refractivity contribution is -0.154. The number of aliphatic carboxylic acids is 1. The summed E-state index contributed by atoms with van der Waals surface area (Å²) in [4.78, 5) is 37.0. The molecule has 2 N–H and O–H groups in total. The van der Waals surface area contributed by atoms with Crippen molar-refractivity contribution in [2.45, 2.75) is 206 Å². The van der Waals surface area contributed by atoms with E-state index in [2.05, 4.69) is 26.1 Å². The molecule has 0 aliphatic heterocycles. The van der Waals surface area contributed by atoms with Crippen molar-refractivity contribution in [1.82, 2.24) is 5.32 Å². The molecular formula is C35H67NO5. The first-order chi connectivity index (χ1) is 19.9. The van der Waals surface area contributed by atoms with E-state index < -0.39 is 18.0 Å². The lowest BCUT2D eigenvalue weighted by Gasteiger charge is -2.23. The molecule has 0 fully saturated rings. The second-order valence-corrected chi connectivity index (χ2v) is 12.2. The fourth-order valence-electron chi connectivity index (χ4n) is 5.37. The van der Waals surface area contributed by atoms with Gasteiger partial charge in [0.15, 0.2) is 0 Å². The molecule has 6 nitrogen and oxygen atoms in total. The molecule has 0 aromatic heterocycles. The fourth-order valence-corrected chi connectivity index (χ4v) is 5.37. The molecule has 1 unspecified atom stereocenters. The maximum absolute atomic E-state index is 13.1. The Kier molecular flexibility index (Phi) is 28.7. The highest BCUT2D eigenvalue weighted by molar-refractivity contribution is 5.85. The van der Waals surface area contributed by atoms with Crippen LogP contribution in [0.15, 0.2) is 0 Å². The van der Waals surface area contributed by atoms with Crippen LogP contribution in [0.25, 0.3) is 0 Å². The molecule has 0 radical (unpaired) electrons. The number of carbonyl (C=O) groups excluding carboxylic acids is 2. The van der Waals surface area contributed by atoms with Gasteiger partial charge in [-0.2, -0.15) is 0 Å². The van der Waals surface area contributed by atoms with Crippen molar-refractivity contribution in [3.63, 3.8) is 0 Å². The Labute approximate surface area is 253 Å². The smallest absolute Gasteiger partial charge is 0.328 e. The second-order valence-electron chi connectivity index (χ2n) is 12.2. The Morgan fingerprint density at radius 2 is 0.927 bits per heavy atom. The Morgan fingerprint density at radius 1 is 0.537 bits per heavy atom. The number of carbonyl (C=O) groups is 3. The monoisotopic (exact) mass is 582 g/mol. The highest BCUT2D eigenvalue weighted by Gasteiger charge is 2.26. The van der Waals surface area contributed by atoms with Gasteiger partial charge in [-0.15, -0.1) is 0 Å². The summed E-state index contributed by atoms with van der Waals surface area (Å²) in [7, 11) is 0. The van der Waals surface area contributed by atoms with Crippen molar-refractivity contribution in [2.24, 2.45) is 0 Å². The van der Waals surface area contributed by atoms with E-state index in [1.54, 1.807) is 0 Å². The summed E-state index contributed by atoms with van der Waals surface area (Å²) in [6, 6.07) is -0.890. The van der Waals surface area contributed by atoms with Crippen molar-refractivity contribution in [2.75, 3.05) is 0 Å². The number of carboxylic acids is 1. The third-order valence-electron chi connectivity index (χ3n) is 8.07. The highest BCUT2D eigenvalue weighted by atomic mass is 16.5. The zero-order valence-corrected chi connectivity index (χ0v) is 27.3. The number of rotatable bonds is 31. The second kappa shape index (κ2) is 29.9. The van der Waals surface area contributed by atoms with Crippen LogP contribution in [0.4, 0.5) is 0 Å². The van der Waals surface area contributed by atoms with Gasteiger partial charge in [-0.05, 0) is 38.5 Å². The van der Waals surface area contributed by atoms with E-state index in [1.807, 2.05) is 0 Å². The average Bonchev–Trinajstić information content (AvgIpc) is 2.95. The van der Waals surface area contributed by atoms with Crippen molar-refractivity contribution in [3.8, 4) is 0 Å². The molecule has 0 saturated carbocycles. The predicted octanol–water partition coefficient (Wildman–Crippen LogP) is 10.1. The van der Waals surface area contributed by atoms with Crippen molar-refractivity contribution in [3.05, 3.63) is 0 Å². The Balaban J connectivity index is 4.58. The van der Waals surface area contributed by atoms with Crippen LogP contribution in [0.2, 0.25) is 0 Å². The summed E-state index contributed by atoms with van der Waals surface area (Å²) in [5.41, 5.74) is 0. The minimum absolute atomic E-state index is 0.0676. The molecule has 41 heavy (non-hydrogen) atoms. The molecule has 0 bridgehead atoms. The van der Waals surface area contributed by atoms with Gasteiger partial charge in [-0.3, -0.25) is 9.59 Å². The van der Waals surface area contributed by atoms with Crippen LogP contribution in [0.1, 0.15) is 194 Å². The van der Waals surface area contributed by atoms with E-state index >= 15 is 0 Å². The van der Waals surface area contributed by atoms with Crippen LogP contribution in [0, 0.1) is 0 Å². The zero-order chi connectivity index (χ0) is 30.4. The van der Waals surface area contributed by atoms with Crippen molar-refractivity contribution >= 4 is 17.8 Å². The quantitative estimate of drug-likeness (QED) is 0.0627. The molecule has 1 amide bonds. The van der Waals surface area contributed by atoms with Gasteiger partial charge in [-0.25, -0.2) is 4.79 Å². The first-order valence-electron chi connectivity index (χ1n) is 17.7. The SMILES string of the molecule is CCCCCCCCCCCCCC(=O)N[C@@H](CCC(=O)O)C(=O)OC(CCCCCC)CCCCCCCCC. The Hall–Kier alpha value is -1.59. The largest absolute Gasteiger partial charge is 0.481 e. The molecule has 6 heteroatoms. The van der Waals surface area contributed by atoms with Gasteiger partial charge in [0.25, 0.3) is 0 Å². The van der Waals surface area contributed by atoms with E-state index in [9.17, 15) is 19.5 Å². The molecule has 0 aromatic rings. The topological polar surface area (TPSA) is 92.7 Å². The van der Waals surface area contributed by atoms with E-state index in [4.69, 9.17) is 4.74 Å². The van der Waals surface area contributed by atoms with Gasteiger partial charge in [-0.1, -0.05) is 143 Å². The normalized spacial score (nSPS) is 12.7. The fraction of sp³-hybridized carbons (Fsp3) is 0.914. The van der Waals surface area contributed by atoms with Crippen LogP contribution in [0.3, 0.4) is 0 Å². The van der Waals surface area contributed by atoms with Crippen LogP contribution in [0.5, 0.6) is 0 Å². The number of hydrogen-bond acceptors (Lipinski definition) is 4. The summed E-state index contributed by atoms with van der Waals surface area (Å²) in [6.07, 6.45) is 28.1. The summed E-state index contributed by atoms with van der Waals surface area (Å²) < 4.78 is 5.94. The number of ether oxygens (including phenoxy) is 1. The number of carboxylic acid groups (broad SMARTS) is 1. The van der Waals surface area contributed by atoms with Gasteiger partial charge >= 0.3 is 11.9 Å². The van der Waals surface area contributed by atoms with Crippen molar-refractivity contribution in [1.29, 1.82) is 0 Å². The number of amides is 1. The van der Waals surface area contributed by atoms with Gasteiger partial charge in [0, 0.05) is 12.8 Å². The third-order valence-corrected chi connectivity index (χ3v) is 8.07. The minimum atomic E-state index is -0.971. The third kappa shape index (κ3) is 27.0. The summed E-state index contributed by atoms with van der Waals surface area (Å²) in [5, 5.41) is 12.0. The minimum Gasteiger partial charge on any atom is -0.481 e. The first kappa shape index (κ1) is 39.4. The zero-order valence-electron chi connectivity index (χ0n) is 27.3. The molecule has 0 heterocycles. The van der Waals surface area contributed by atoms with Crippen LogP contribution in [-0.2, 0) is 19.1 Å². The van der Waals surface area contributed by atoms with Crippen molar-refractivity contribution < 1.29 is 24.2 Å². The Morgan fingerprint density at radius 3 is 1.37 bits per heavy atom. The van der Waals surface area contributed by atoms with E-state index in [-0.39, 0.29) is 24.9 Å².